The summed E-state index contributed by atoms with van der Waals surface area (Å²) in [6, 6.07) is 3.91. The topological polar surface area (TPSA) is 83.5 Å². The minimum absolute atomic E-state index is 0.0304. The van der Waals surface area contributed by atoms with Crippen LogP contribution in [0.2, 0.25) is 0 Å². The van der Waals surface area contributed by atoms with Crippen LogP contribution in [0.5, 0.6) is 5.75 Å². The summed E-state index contributed by atoms with van der Waals surface area (Å²) < 4.78 is 23.6. The summed E-state index contributed by atoms with van der Waals surface area (Å²) in [6.07, 6.45) is 1.62. The van der Waals surface area contributed by atoms with Crippen molar-refractivity contribution in [3.8, 4) is 5.75 Å². The lowest BCUT2D eigenvalue weighted by atomic mass is 10.1. The van der Waals surface area contributed by atoms with E-state index in [-0.39, 0.29) is 33.9 Å². The molecule has 0 aromatic heterocycles. The lowest BCUT2D eigenvalue weighted by Crippen LogP contribution is -2.20. The van der Waals surface area contributed by atoms with Gasteiger partial charge in [0.05, 0.1) is 16.3 Å². The molecule has 0 saturated heterocycles. The van der Waals surface area contributed by atoms with Gasteiger partial charge < -0.3 is 10.4 Å². The fourth-order valence-electron chi connectivity index (χ4n) is 1.80. The number of amides is 1. The lowest BCUT2D eigenvalue weighted by molar-refractivity contribution is -0.119. The second-order valence-electron chi connectivity index (χ2n) is 4.76. The van der Waals surface area contributed by atoms with E-state index in [1.807, 2.05) is 6.92 Å². The second kappa shape index (κ2) is 6.74. The van der Waals surface area contributed by atoms with Crippen molar-refractivity contribution in [3.63, 3.8) is 0 Å². The number of phenolic OH excluding ortho intramolecular Hbond substituents is 1. The molecule has 1 unspecified atom stereocenters. The highest BCUT2D eigenvalue weighted by atomic mass is 32.2. The summed E-state index contributed by atoms with van der Waals surface area (Å²) in [5.74, 6) is -0.589. The Kier molecular flexibility index (Phi) is 5.56. The van der Waals surface area contributed by atoms with Gasteiger partial charge in [0.1, 0.15) is 5.75 Å². The van der Waals surface area contributed by atoms with E-state index >= 15 is 0 Å². The number of phenols is 1. The number of carbonyl (C=O) groups excluding carboxylic acids is 1. The molecule has 1 amide bonds. The normalized spacial score (nSPS) is 12.9. The standard InChI is InChI=1S/C14H21NO4S/c1-4-6-10(3)14(17)15-12-9-11(7-8-13(12)16)20(18,19)5-2/h7-10,16H,4-6H2,1-3H3,(H,15,17). The molecule has 20 heavy (non-hydrogen) atoms. The second-order valence-corrected chi connectivity index (χ2v) is 7.04. The zero-order chi connectivity index (χ0) is 15.3. The third-order valence-electron chi connectivity index (χ3n) is 3.13. The van der Waals surface area contributed by atoms with E-state index in [9.17, 15) is 18.3 Å². The number of carbonyl (C=O) groups is 1. The third kappa shape index (κ3) is 3.96. The fraction of sp³-hybridized carbons (Fsp3) is 0.500. The van der Waals surface area contributed by atoms with Gasteiger partial charge in [-0.25, -0.2) is 8.42 Å². The first-order valence-electron chi connectivity index (χ1n) is 6.68. The third-order valence-corrected chi connectivity index (χ3v) is 4.87. The SMILES string of the molecule is CCCC(C)C(=O)Nc1cc(S(=O)(=O)CC)ccc1O. The Morgan fingerprint density at radius 3 is 2.55 bits per heavy atom. The lowest BCUT2D eigenvalue weighted by Gasteiger charge is -2.13. The van der Waals surface area contributed by atoms with E-state index in [1.54, 1.807) is 13.8 Å². The van der Waals surface area contributed by atoms with Crippen LogP contribution in [0.1, 0.15) is 33.6 Å². The molecule has 0 aliphatic rings. The average molecular weight is 299 g/mol. The molecule has 0 aliphatic carbocycles. The molecular weight excluding hydrogens is 278 g/mol. The molecule has 5 nitrogen and oxygen atoms in total. The van der Waals surface area contributed by atoms with Crippen LogP contribution in [0, 0.1) is 5.92 Å². The van der Waals surface area contributed by atoms with E-state index in [1.165, 1.54) is 18.2 Å². The Bertz CT molecular complexity index is 581. The highest BCUT2D eigenvalue weighted by Gasteiger charge is 2.17. The van der Waals surface area contributed by atoms with E-state index in [0.717, 1.165) is 12.8 Å². The van der Waals surface area contributed by atoms with Gasteiger partial charge in [-0.15, -0.1) is 0 Å². The highest BCUT2D eigenvalue weighted by Crippen LogP contribution is 2.27. The van der Waals surface area contributed by atoms with Crippen LogP contribution in [0.3, 0.4) is 0 Å². The van der Waals surface area contributed by atoms with Crippen LogP contribution < -0.4 is 5.32 Å². The van der Waals surface area contributed by atoms with Gasteiger partial charge in [-0.2, -0.15) is 0 Å². The fourth-order valence-corrected chi connectivity index (χ4v) is 2.70. The molecule has 0 radical (unpaired) electrons. The van der Waals surface area contributed by atoms with Crippen LogP contribution >= 0.6 is 0 Å². The van der Waals surface area contributed by atoms with Gasteiger partial charge in [0.25, 0.3) is 0 Å². The molecule has 112 valence electrons. The molecule has 1 aromatic carbocycles. The summed E-state index contributed by atoms with van der Waals surface area (Å²) in [4.78, 5) is 12.0. The molecule has 0 saturated carbocycles. The summed E-state index contributed by atoms with van der Waals surface area (Å²) in [5.41, 5.74) is 0.132. The first-order valence-corrected chi connectivity index (χ1v) is 8.33. The van der Waals surface area contributed by atoms with Gasteiger partial charge in [0.2, 0.25) is 5.91 Å². The van der Waals surface area contributed by atoms with Crippen molar-refractivity contribution in [1.82, 2.24) is 0 Å². The quantitative estimate of drug-likeness (QED) is 0.791. The molecular formula is C14H21NO4S. The number of rotatable bonds is 6. The maximum absolute atomic E-state index is 11.9. The van der Waals surface area contributed by atoms with Crippen LogP contribution in [-0.4, -0.2) is 25.2 Å². The van der Waals surface area contributed by atoms with Crippen molar-refractivity contribution < 1.29 is 18.3 Å². The molecule has 1 aromatic rings. The highest BCUT2D eigenvalue weighted by molar-refractivity contribution is 7.91. The number of hydrogen-bond donors (Lipinski definition) is 2. The molecule has 1 rings (SSSR count). The number of benzene rings is 1. The Morgan fingerprint density at radius 2 is 2.00 bits per heavy atom. The molecule has 0 bridgehead atoms. The van der Waals surface area contributed by atoms with Crippen molar-refractivity contribution >= 4 is 21.4 Å². The summed E-state index contributed by atoms with van der Waals surface area (Å²) in [6.45, 7) is 5.32. The molecule has 0 spiro atoms. The van der Waals surface area contributed by atoms with Crippen LogP contribution in [0.25, 0.3) is 0 Å². The van der Waals surface area contributed by atoms with Crippen molar-refractivity contribution in [2.24, 2.45) is 5.92 Å². The van der Waals surface area contributed by atoms with Gasteiger partial charge in [0, 0.05) is 5.92 Å². The molecule has 1 atom stereocenters. The maximum atomic E-state index is 11.9. The predicted molar refractivity (Wildman–Crippen MR) is 78.5 cm³/mol. The van der Waals surface area contributed by atoms with E-state index in [0.29, 0.717) is 0 Å². The number of hydrogen-bond acceptors (Lipinski definition) is 4. The predicted octanol–water partition coefficient (Wildman–Crippen LogP) is 2.56. The Labute approximate surface area is 119 Å². The van der Waals surface area contributed by atoms with Gasteiger partial charge in [0.15, 0.2) is 9.84 Å². The smallest absolute Gasteiger partial charge is 0.227 e. The summed E-state index contributed by atoms with van der Waals surface area (Å²) in [7, 11) is -3.37. The number of aromatic hydroxyl groups is 1. The summed E-state index contributed by atoms with van der Waals surface area (Å²) >= 11 is 0. The van der Waals surface area contributed by atoms with Gasteiger partial charge in [-0.3, -0.25) is 4.79 Å². The van der Waals surface area contributed by atoms with Gasteiger partial charge in [-0.05, 0) is 24.6 Å². The first kappa shape index (κ1) is 16.5. The van der Waals surface area contributed by atoms with E-state index in [2.05, 4.69) is 5.32 Å². The summed E-state index contributed by atoms with van der Waals surface area (Å²) in [5, 5.41) is 12.3. The zero-order valence-electron chi connectivity index (χ0n) is 12.0. The number of sulfone groups is 1. The Morgan fingerprint density at radius 1 is 1.35 bits per heavy atom. The monoisotopic (exact) mass is 299 g/mol. The minimum Gasteiger partial charge on any atom is -0.506 e. The van der Waals surface area contributed by atoms with Crippen molar-refractivity contribution in [2.45, 2.75) is 38.5 Å². The zero-order valence-corrected chi connectivity index (χ0v) is 12.8. The molecule has 0 fully saturated rings. The Balaban J connectivity index is 3.01. The Hall–Kier alpha value is -1.56. The maximum Gasteiger partial charge on any atom is 0.227 e. The van der Waals surface area contributed by atoms with Gasteiger partial charge in [-0.1, -0.05) is 27.2 Å². The van der Waals surface area contributed by atoms with Crippen molar-refractivity contribution in [1.29, 1.82) is 0 Å². The van der Waals surface area contributed by atoms with Crippen molar-refractivity contribution in [2.75, 3.05) is 11.1 Å². The molecule has 6 heteroatoms. The van der Waals surface area contributed by atoms with Gasteiger partial charge >= 0.3 is 0 Å². The van der Waals surface area contributed by atoms with Crippen LogP contribution in [-0.2, 0) is 14.6 Å². The van der Waals surface area contributed by atoms with Crippen LogP contribution in [0.4, 0.5) is 5.69 Å². The largest absolute Gasteiger partial charge is 0.506 e. The number of anilines is 1. The van der Waals surface area contributed by atoms with E-state index < -0.39 is 9.84 Å². The molecule has 2 N–H and O–H groups in total. The average Bonchev–Trinajstić information content (AvgIpc) is 2.41. The van der Waals surface area contributed by atoms with Crippen LogP contribution in [0.15, 0.2) is 23.1 Å². The minimum atomic E-state index is -3.37. The molecule has 0 aliphatic heterocycles. The first-order chi connectivity index (χ1) is 9.31. The molecule has 0 heterocycles. The van der Waals surface area contributed by atoms with E-state index in [4.69, 9.17) is 0 Å². The van der Waals surface area contributed by atoms with Crippen molar-refractivity contribution in [3.05, 3.63) is 18.2 Å². The number of nitrogens with one attached hydrogen (secondary N) is 1.